The van der Waals surface area contributed by atoms with Gasteiger partial charge in [0, 0.05) is 64.0 Å². The summed E-state index contributed by atoms with van der Waals surface area (Å²) in [5, 5.41) is 3.44. The number of aryl methyl sites for hydroxylation is 2. The quantitative estimate of drug-likeness (QED) is 0.118. The Kier molecular flexibility index (Phi) is 7.82. The topological polar surface area (TPSA) is 40.8 Å². The van der Waals surface area contributed by atoms with Crippen LogP contribution in [0.5, 0.6) is 11.5 Å². The molecule has 1 aliphatic carbocycles. The smallest absolute Gasteiger partial charge is 0.269 e. The van der Waals surface area contributed by atoms with Crippen LogP contribution in [0.1, 0.15) is 123 Å². The van der Waals surface area contributed by atoms with Gasteiger partial charge in [0.15, 0.2) is 0 Å². The van der Waals surface area contributed by atoms with E-state index in [2.05, 4.69) is 37.7 Å². The standard InChI is InChI=1S/C86H71N5O/c1-53-22-20-23-54(2)81(53)57-45-71-65-29-13-11-27-63(65)62-26-10-12-28-64(62)70-44-56(55-36-39-72-73(46-55)86(8,9)42-41-85(72,6)7)47-78-82(70)89(83(71)79(48-57)90-74-33-17-14-30-66(74)67-31-15-18-34-75(67)90)52-88(78)59-24-21-25-60(50-59)92-61-37-38-69-68-32-16-19-35-76(68)91(77(69)51-61)80-49-58(40-43-87-80)84(3,4)5/h10-40,43-51H,41-42H2,1-9H3/i1D3,2D3,6D3,7D3,8D3,9D3,36D,39D,41D2,42D2,46D. The molecule has 17 rings (SSSR count). The molecule has 446 valence electrons. The normalized spacial score (nSPS) is 19.9. The number of benzene rings is 11. The van der Waals surface area contributed by atoms with Crippen molar-refractivity contribution in [1.29, 1.82) is 0 Å². The minimum absolute atomic E-state index is 0.0814. The Morgan fingerprint density at radius 2 is 1.10 bits per heavy atom. The molecule has 11 aromatic carbocycles. The molecule has 0 saturated carbocycles. The van der Waals surface area contributed by atoms with Crippen LogP contribution in [0.3, 0.4) is 0 Å². The second kappa shape index (κ2) is 20.5. The monoisotopic (exact) mass is 1210 g/mol. The Bertz CT molecular complexity index is 6590. The molecule has 0 saturated heterocycles. The lowest BCUT2D eigenvalue weighted by atomic mass is 9.63. The fraction of sp³-hybridized carbons (Fsp3) is 0.163. The van der Waals surface area contributed by atoms with E-state index in [1.165, 1.54) is 30.3 Å². The second-order valence-electron chi connectivity index (χ2n) is 24.8. The van der Waals surface area contributed by atoms with E-state index in [0.717, 1.165) is 38.1 Å². The van der Waals surface area contributed by atoms with Crippen LogP contribution in [-0.2, 0) is 16.2 Å². The Morgan fingerprint density at radius 1 is 0.511 bits per heavy atom. The average Bonchev–Trinajstić information content (AvgIpc) is 1.61. The molecule has 4 aromatic heterocycles. The van der Waals surface area contributed by atoms with Gasteiger partial charge >= 0.3 is 0 Å². The number of pyridine rings is 1. The Labute approximate surface area is 573 Å². The largest absolute Gasteiger partial charge is 0.458 e. The summed E-state index contributed by atoms with van der Waals surface area (Å²) in [6, 6.07) is 60.8. The van der Waals surface area contributed by atoms with Crippen molar-refractivity contribution in [2.24, 2.45) is 0 Å². The van der Waals surface area contributed by atoms with Crippen molar-refractivity contribution < 1.29 is 43.6 Å². The zero-order valence-corrected chi connectivity index (χ0v) is 50.0. The van der Waals surface area contributed by atoms with E-state index in [9.17, 15) is 17.8 Å². The van der Waals surface area contributed by atoms with Gasteiger partial charge in [0.25, 0.3) is 6.33 Å². The molecule has 0 unspecified atom stereocenters. The van der Waals surface area contributed by atoms with Crippen molar-refractivity contribution in [2.75, 3.05) is 0 Å². The van der Waals surface area contributed by atoms with E-state index in [4.69, 9.17) is 26.2 Å². The lowest BCUT2D eigenvalue weighted by Gasteiger charge is -2.42. The number of rotatable bonds is 7. The van der Waals surface area contributed by atoms with Gasteiger partial charge in [-0.15, -0.1) is 0 Å². The number of hydrogen-bond acceptors (Lipinski definition) is 2. The summed E-state index contributed by atoms with van der Waals surface area (Å²) in [5.41, 5.74) is -5.98. The minimum Gasteiger partial charge on any atom is -0.458 e. The van der Waals surface area contributed by atoms with Gasteiger partial charge in [0.2, 0.25) is 0 Å². The lowest BCUT2D eigenvalue weighted by molar-refractivity contribution is -0.571. The minimum atomic E-state index is -4.61. The van der Waals surface area contributed by atoms with E-state index in [-0.39, 0.29) is 61.3 Å². The van der Waals surface area contributed by atoms with Crippen LogP contribution in [-0.4, -0.2) is 18.7 Å². The summed E-state index contributed by atoms with van der Waals surface area (Å²) in [7, 11) is 0. The first-order valence-electron chi connectivity index (χ1n) is 42.8. The molecule has 0 bridgehead atoms. The Morgan fingerprint density at radius 3 is 1.76 bits per heavy atom. The third kappa shape index (κ3) is 8.67. The van der Waals surface area contributed by atoms with Crippen molar-refractivity contribution >= 4 is 54.6 Å². The number of hydrogen-bond donors (Lipinski definition) is 0. The third-order valence-corrected chi connectivity index (χ3v) is 18.1. The first-order valence-corrected chi connectivity index (χ1v) is 30.3. The highest BCUT2D eigenvalue weighted by Crippen LogP contribution is 2.51. The number of para-hydroxylation sites is 3. The zero-order chi connectivity index (χ0) is 83.7. The van der Waals surface area contributed by atoms with Gasteiger partial charge in [-0.25, -0.2) is 4.98 Å². The molecule has 2 aliphatic rings. The fourth-order valence-electron chi connectivity index (χ4n) is 13.8. The summed E-state index contributed by atoms with van der Waals surface area (Å²) < 4.78 is 248. The first kappa shape index (κ1) is 35.2. The van der Waals surface area contributed by atoms with Gasteiger partial charge in [-0.1, -0.05) is 200 Å². The Hall–Kier alpha value is -10.6. The van der Waals surface area contributed by atoms with Gasteiger partial charge in [0.1, 0.15) is 17.3 Å². The maximum absolute atomic E-state index is 10.6. The predicted molar refractivity (Wildman–Crippen MR) is 381 cm³/mol. The van der Waals surface area contributed by atoms with Gasteiger partial charge in [0.05, 0.1) is 54.3 Å². The molecule has 92 heavy (non-hydrogen) atoms. The van der Waals surface area contributed by atoms with Crippen molar-refractivity contribution in [3.05, 3.63) is 277 Å². The van der Waals surface area contributed by atoms with Gasteiger partial charge in [-0.2, -0.15) is 0 Å². The molecule has 6 nitrogen and oxygen atoms in total. The summed E-state index contributed by atoms with van der Waals surface area (Å²) in [6.45, 7) is -16.7. The van der Waals surface area contributed by atoms with Crippen molar-refractivity contribution in [2.45, 2.75) is 90.9 Å². The summed E-state index contributed by atoms with van der Waals surface area (Å²) >= 11 is 0. The van der Waals surface area contributed by atoms with Crippen molar-refractivity contribution in [1.82, 2.24) is 18.7 Å². The maximum Gasteiger partial charge on any atom is 0.269 e. The molecule has 0 amide bonds. The maximum atomic E-state index is 10.6. The molecule has 0 radical (unpaired) electrons. The highest BCUT2D eigenvalue weighted by Gasteiger charge is 2.38. The summed E-state index contributed by atoms with van der Waals surface area (Å²) in [6.07, 6.45) is -3.69. The molecular weight excluding hydrogens is 1120 g/mol. The van der Waals surface area contributed by atoms with Crippen LogP contribution in [0.4, 0.5) is 0 Å². The summed E-state index contributed by atoms with van der Waals surface area (Å²) in [4.78, 5) is 4.89. The highest BCUT2D eigenvalue weighted by atomic mass is 16.5. The average molecular weight is 1220 g/mol. The zero-order valence-electron chi connectivity index (χ0n) is 75.0. The number of aromatic nitrogens is 5. The van der Waals surface area contributed by atoms with Crippen LogP contribution < -0.4 is 9.30 Å². The molecule has 15 aromatic rings. The van der Waals surface area contributed by atoms with Crippen molar-refractivity contribution in [3.63, 3.8) is 0 Å². The molecule has 1 aliphatic heterocycles. The summed E-state index contributed by atoms with van der Waals surface area (Å²) in [5.74, 6) is 1.32. The van der Waals surface area contributed by atoms with E-state index in [1.807, 2.05) is 126 Å². The first-order chi connectivity index (χ1) is 54.8. The molecule has 0 spiro atoms. The van der Waals surface area contributed by atoms with Crippen LogP contribution in [0.2, 0.25) is 0 Å². The molecular formula is C86H71N5O. The van der Waals surface area contributed by atoms with Crippen molar-refractivity contribution in [3.8, 4) is 90.0 Å². The Balaban J connectivity index is 1.04. The molecule has 0 atom stereocenters. The van der Waals surface area contributed by atoms with Crippen LogP contribution in [0.25, 0.3) is 133 Å². The van der Waals surface area contributed by atoms with Crippen LogP contribution >= 0.6 is 0 Å². The number of imidazole rings is 1. The third-order valence-electron chi connectivity index (χ3n) is 18.1. The second-order valence-corrected chi connectivity index (χ2v) is 24.8. The highest BCUT2D eigenvalue weighted by molar-refractivity contribution is 6.11. The molecule has 5 heterocycles. The van der Waals surface area contributed by atoms with Crippen LogP contribution in [0.15, 0.2) is 243 Å². The predicted octanol–water partition coefficient (Wildman–Crippen LogP) is 22.0. The number of nitrogens with zero attached hydrogens (tertiary/aromatic N) is 5. The van der Waals surface area contributed by atoms with E-state index in [0.29, 0.717) is 61.8 Å². The van der Waals surface area contributed by atoms with Crippen LogP contribution in [0, 0.1) is 20.0 Å². The van der Waals surface area contributed by atoms with E-state index in [1.54, 1.807) is 76.0 Å². The lowest BCUT2D eigenvalue weighted by Crippen LogP contribution is -2.33. The number of ether oxygens (including phenoxy) is 1. The molecule has 0 fully saturated rings. The van der Waals surface area contributed by atoms with E-state index >= 15 is 0 Å². The van der Waals surface area contributed by atoms with Gasteiger partial charge in [-0.3, -0.25) is 13.7 Å². The SMILES string of the molecule is [2H]c1c([2H])c2c(c([2H])c1-c1cc3c4c(c1)n(-c1cccc(Oc5ccc6c7ccccc7n(-c7cc(C(C)(C)C)ccn7)c6c5)c1)[c-][n+]4-c1c(cc(-c4c(C([2H])([2H])[2H])cccc4C([2H])([2H])[2H])cc1-n1c4ccccc4c4ccccc41)-c1ccccc1-c1ccccc1-3)C(C([2H])([2H])[2H])(C([2H])([2H])[2H])C([2H])([2H])C([2H])([2H])C2(C([2H])([2H])[2H])C([2H])([2H])[2H]. The van der Waals surface area contributed by atoms with Gasteiger partial charge < -0.3 is 9.30 Å². The van der Waals surface area contributed by atoms with E-state index < -0.39 is 99.5 Å². The van der Waals surface area contributed by atoms with Gasteiger partial charge in [-0.05, 0) is 205 Å². The molecule has 0 N–H and O–H groups in total. The molecule has 6 heteroatoms. The fourth-order valence-corrected chi connectivity index (χ4v) is 13.8. The number of fused-ring (bicyclic) bond motifs is 14.